The van der Waals surface area contributed by atoms with Crippen LogP contribution in [0.2, 0.25) is 0 Å². The molecule has 0 aromatic carbocycles. The summed E-state index contributed by atoms with van der Waals surface area (Å²) in [7, 11) is 2.11. The van der Waals surface area contributed by atoms with E-state index in [1.807, 2.05) is 6.20 Å². The first-order chi connectivity index (χ1) is 8.83. The molecule has 1 N–H and O–H groups in total. The zero-order valence-electron chi connectivity index (χ0n) is 11.5. The van der Waals surface area contributed by atoms with Crippen LogP contribution in [0.25, 0.3) is 0 Å². The van der Waals surface area contributed by atoms with Crippen molar-refractivity contribution >= 4 is 0 Å². The van der Waals surface area contributed by atoms with Gasteiger partial charge in [0.15, 0.2) is 0 Å². The van der Waals surface area contributed by atoms with E-state index >= 15 is 0 Å². The van der Waals surface area contributed by atoms with E-state index in [2.05, 4.69) is 36.4 Å². The Bertz CT molecular complexity index is 388. The van der Waals surface area contributed by atoms with Crippen molar-refractivity contribution < 1.29 is 0 Å². The molecule has 0 bridgehead atoms. The Kier molecular flexibility index (Phi) is 3.38. The van der Waals surface area contributed by atoms with Crippen molar-refractivity contribution in [1.82, 2.24) is 10.3 Å². The van der Waals surface area contributed by atoms with Crippen molar-refractivity contribution in [3.05, 3.63) is 29.6 Å². The summed E-state index contributed by atoms with van der Waals surface area (Å²) in [6, 6.07) is 5.07. The molecule has 3 rings (SSSR count). The first-order valence-corrected chi connectivity index (χ1v) is 7.44. The van der Waals surface area contributed by atoms with Gasteiger partial charge in [-0.3, -0.25) is 4.98 Å². The fourth-order valence-corrected chi connectivity index (χ4v) is 3.91. The van der Waals surface area contributed by atoms with Crippen molar-refractivity contribution in [2.75, 3.05) is 7.05 Å². The summed E-state index contributed by atoms with van der Waals surface area (Å²) in [5.74, 6) is 2.98. The van der Waals surface area contributed by atoms with Gasteiger partial charge in [0.2, 0.25) is 0 Å². The van der Waals surface area contributed by atoms with Crippen LogP contribution < -0.4 is 5.32 Å². The van der Waals surface area contributed by atoms with Gasteiger partial charge in [0, 0.05) is 24.4 Å². The van der Waals surface area contributed by atoms with Crippen molar-refractivity contribution in [1.29, 1.82) is 0 Å². The lowest BCUT2D eigenvalue weighted by Crippen LogP contribution is -2.31. The summed E-state index contributed by atoms with van der Waals surface area (Å²) in [6.45, 7) is 2.18. The molecule has 1 heterocycles. The minimum Gasteiger partial charge on any atom is -0.316 e. The van der Waals surface area contributed by atoms with Gasteiger partial charge in [-0.05, 0) is 55.7 Å². The molecule has 2 aliphatic rings. The second-order valence-electron chi connectivity index (χ2n) is 5.95. The molecule has 18 heavy (non-hydrogen) atoms. The zero-order chi connectivity index (χ0) is 12.5. The molecule has 2 fully saturated rings. The van der Waals surface area contributed by atoms with Gasteiger partial charge in [0.05, 0.1) is 0 Å². The monoisotopic (exact) mass is 244 g/mol. The standard InChI is InChI=1S/C16H24N2/c1-3-11-7-8-12(18-10-11)9-15(17-2)16-13-5-4-6-14(13)16/h7-8,10,13-17H,3-6,9H2,1-2H3. The molecule has 0 saturated heterocycles. The molecular weight excluding hydrogens is 220 g/mol. The highest BCUT2D eigenvalue weighted by atomic mass is 14.9. The molecule has 0 amide bonds. The number of nitrogens with zero attached hydrogens (tertiary/aromatic N) is 1. The average Bonchev–Trinajstić information content (AvgIpc) is 2.89. The van der Waals surface area contributed by atoms with Crippen LogP contribution in [0, 0.1) is 17.8 Å². The Hall–Kier alpha value is -0.890. The van der Waals surface area contributed by atoms with Crippen LogP contribution in [0.3, 0.4) is 0 Å². The SMILES string of the molecule is CCc1ccc(CC(NC)C2C3CCCC32)nc1. The highest BCUT2D eigenvalue weighted by Gasteiger charge is 2.55. The topological polar surface area (TPSA) is 24.9 Å². The van der Waals surface area contributed by atoms with Crippen molar-refractivity contribution in [3.8, 4) is 0 Å². The number of hydrogen-bond acceptors (Lipinski definition) is 2. The van der Waals surface area contributed by atoms with Crippen molar-refractivity contribution in [2.45, 2.75) is 45.1 Å². The summed E-state index contributed by atoms with van der Waals surface area (Å²) in [4.78, 5) is 4.60. The normalized spacial score (nSPS) is 31.1. The Morgan fingerprint density at radius 2 is 2.11 bits per heavy atom. The second kappa shape index (κ2) is 5.00. The van der Waals surface area contributed by atoms with Gasteiger partial charge in [-0.15, -0.1) is 0 Å². The predicted octanol–water partition coefficient (Wildman–Crippen LogP) is 2.82. The molecule has 3 unspecified atom stereocenters. The molecule has 1 aromatic heterocycles. The largest absolute Gasteiger partial charge is 0.316 e. The molecule has 0 radical (unpaired) electrons. The van der Waals surface area contributed by atoms with E-state index in [1.54, 1.807) is 0 Å². The molecule has 2 saturated carbocycles. The summed E-state index contributed by atoms with van der Waals surface area (Å²) >= 11 is 0. The lowest BCUT2D eigenvalue weighted by atomic mass is 9.99. The molecule has 0 spiro atoms. The number of nitrogens with one attached hydrogen (secondary N) is 1. The van der Waals surface area contributed by atoms with E-state index in [1.165, 1.54) is 30.5 Å². The lowest BCUT2D eigenvalue weighted by molar-refractivity contribution is 0.425. The van der Waals surface area contributed by atoms with Crippen LogP contribution >= 0.6 is 0 Å². The summed E-state index contributed by atoms with van der Waals surface area (Å²) in [6.07, 6.45) is 8.61. The van der Waals surface area contributed by atoms with Gasteiger partial charge in [0.25, 0.3) is 0 Å². The number of aromatic nitrogens is 1. The maximum Gasteiger partial charge on any atom is 0.0419 e. The van der Waals surface area contributed by atoms with Gasteiger partial charge in [-0.25, -0.2) is 0 Å². The minimum absolute atomic E-state index is 0.639. The van der Waals surface area contributed by atoms with E-state index in [9.17, 15) is 0 Å². The first-order valence-electron chi connectivity index (χ1n) is 7.44. The Balaban J connectivity index is 1.63. The number of rotatable bonds is 5. The molecular formula is C16H24N2. The summed E-state index contributed by atoms with van der Waals surface area (Å²) < 4.78 is 0. The van der Waals surface area contributed by atoms with Crippen LogP contribution in [0.4, 0.5) is 0 Å². The molecule has 3 atom stereocenters. The Morgan fingerprint density at radius 3 is 2.67 bits per heavy atom. The van der Waals surface area contributed by atoms with Crippen molar-refractivity contribution in [3.63, 3.8) is 0 Å². The molecule has 2 aliphatic carbocycles. The van der Waals surface area contributed by atoms with Crippen molar-refractivity contribution in [2.24, 2.45) is 17.8 Å². The van der Waals surface area contributed by atoms with Crippen LogP contribution in [0.1, 0.15) is 37.4 Å². The third kappa shape index (κ3) is 2.18. The predicted molar refractivity (Wildman–Crippen MR) is 74.5 cm³/mol. The first kappa shape index (κ1) is 12.2. The summed E-state index contributed by atoms with van der Waals surface area (Å²) in [5.41, 5.74) is 2.58. The molecule has 2 heteroatoms. The van der Waals surface area contributed by atoms with Gasteiger partial charge >= 0.3 is 0 Å². The highest BCUT2D eigenvalue weighted by Crippen LogP contribution is 2.59. The molecule has 0 aliphatic heterocycles. The molecule has 1 aromatic rings. The second-order valence-corrected chi connectivity index (χ2v) is 5.95. The fraction of sp³-hybridized carbons (Fsp3) is 0.688. The van der Waals surface area contributed by atoms with E-state index in [4.69, 9.17) is 0 Å². The number of aryl methyl sites for hydroxylation is 1. The van der Waals surface area contributed by atoms with Gasteiger partial charge in [0.1, 0.15) is 0 Å². The van der Waals surface area contributed by atoms with Crippen LogP contribution in [-0.4, -0.2) is 18.1 Å². The van der Waals surface area contributed by atoms with Gasteiger partial charge < -0.3 is 5.32 Å². The van der Waals surface area contributed by atoms with E-state index in [0.717, 1.165) is 30.6 Å². The quantitative estimate of drug-likeness (QED) is 0.861. The maximum absolute atomic E-state index is 4.60. The van der Waals surface area contributed by atoms with Gasteiger partial charge in [-0.1, -0.05) is 19.4 Å². The van der Waals surface area contributed by atoms with Crippen LogP contribution in [0.5, 0.6) is 0 Å². The summed E-state index contributed by atoms with van der Waals surface area (Å²) in [5, 5.41) is 3.53. The third-order valence-corrected chi connectivity index (χ3v) is 5.03. The van der Waals surface area contributed by atoms with Crippen LogP contribution in [0.15, 0.2) is 18.3 Å². The van der Waals surface area contributed by atoms with Gasteiger partial charge in [-0.2, -0.15) is 0 Å². The number of likely N-dealkylation sites (N-methyl/N-ethyl adjacent to an activating group) is 1. The zero-order valence-corrected chi connectivity index (χ0v) is 11.5. The third-order valence-electron chi connectivity index (χ3n) is 5.03. The lowest BCUT2D eigenvalue weighted by Gasteiger charge is -2.18. The molecule has 98 valence electrons. The number of fused-ring (bicyclic) bond motifs is 1. The Labute approximate surface area is 110 Å². The highest BCUT2D eigenvalue weighted by molar-refractivity contribution is 5.16. The van der Waals surface area contributed by atoms with E-state index in [-0.39, 0.29) is 0 Å². The van der Waals surface area contributed by atoms with Crippen LogP contribution in [-0.2, 0) is 12.8 Å². The van der Waals surface area contributed by atoms with E-state index in [0.29, 0.717) is 6.04 Å². The Morgan fingerprint density at radius 1 is 1.33 bits per heavy atom. The number of pyridine rings is 1. The maximum atomic E-state index is 4.60. The van der Waals surface area contributed by atoms with E-state index < -0.39 is 0 Å². The number of hydrogen-bond donors (Lipinski definition) is 1. The minimum atomic E-state index is 0.639. The fourth-order valence-electron chi connectivity index (χ4n) is 3.91. The average molecular weight is 244 g/mol. The smallest absolute Gasteiger partial charge is 0.0419 e. The molecule has 2 nitrogen and oxygen atoms in total.